The van der Waals surface area contributed by atoms with Crippen LogP contribution in [-0.2, 0) is 4.79 Å². The second kappa shape index (κ2) is 9.04. The van der Waals surface area contributed by atoms with Gasteiger partial charge in [0.15, 0.2) is 0 Å². The highest BCUT2D eigenvalue weighted by Gasteiger charge is 2.31. The number of carbonyl (C=O) groups excluding carboxylic acids is 1. The number of nitrogens with zero attached hydrogens (tertiary/aromatic N) is 2. The summed E-state index contributed by atoms with van der Waals surface area (Å²) in [6.45, 7) is 3.28. The van der Waals surface area contributed by atoms with Crippen molar-refractivity contribution in [2.75, 3.05) is 50.1 Å². The maximum Gasteiger partial charge on any atom is 0.573 e. The molecule has 1 aliphatic heterocycles. The number of anilines is 2. The minimum atomic E-state index is -4.74. The van der Waals surface area contributed by atoms with Crippen LogP contribution in [0.2, 0.25) is 0 Å². The molecule has 0 unspecified atom stereocenters. The Bertz CT molecular complexity index is 802. The molecule has 156 valence electrons. The van der Waals surface area contributed by atoms with Crippen LogP contribution in [-0.4, -0.2) is 57.0 Å². The lowest BCUT2D eigenvalue weighted by atomic mass is 10.2. The summed E-state index contributed by atoms with van der Waals surface area (Å²) in [6.07, 6.45) is -4.74. The number of halogens is 3. The minimum absolute atomic E-state index is 0.215. The minimum Gasteiger partial charge on any atom is -0.497 e. The summed E-state index contributed by atoms with van der Waals surface area (Å²) in [4.78, 5) is 16.5. The second-order valence-corrected chi connectivity index (χ2v) is 6.58. The highest BCUT2D eigenvalue weighted by Crippen LogP contribution is 2.24. The number of ether oxygens (including phenoxy) is 2. The van der Waals surface area contributed by atoms with Gasteiger partial charge < -0.3 is 19.7 Å². The number of nitrogens with one attached hydrogen (secondary N) is 1. The highest BCUT2D eigenvalue weighted by molar-refractivity contribution is 5.92. The number of hydrogen-bond acceptors (Lipinski definition) is 5. The molecule has 0 saturated carbocycles. The Hall–Kier alpha value is -2.94. The summed E-state index contributed by atoms with van der Waals surface area (Å²) >= 11 is 0. The van der Waals surface area contributed by atoms with Crippen molar-refractivity contribution in [3.63, 3.8) is 0 Å². The Morgan fingerprint density at radius 3 is 2.10 bits per heavy atom. The molecule has 1 N–H and O–H groups in total. The number of alkyl halides is 3. The number of benzene rings is 2. The van der Waals surface area contributed by atoms with Gasteiger partial charge in [-0.05, 0) is 48.5 Å². The maximum absolute atomic E-state index is 12.2. The van der Waals surface area contributed by atoms with E-state index in [4.69, 9.17) is 4.74 Å². The van der Waals surface area contributed by atoms with E-state index in [1.165, 1.54) is 12.1 Å². The first-order valence-corrected chi connectivity index (χ1v) is 9.09. The van der Waals surface area contributed by atoms with E-state index in [1.807, 2.05) is 29.2 Å². The molecule has 6 nitrogen and oxygen atoms in total. The number of amides is 1. The normalized spacial score (nSPS) is 15.1. The van der Waals surface area contributed by atoms with E-state index >= 15 is 0 Å². The fourth-order valence-corrected chi connectivity index (χ4v) is 3.10. The van der Waals surface area contributed by atoms with Crippen LogP contribution in [0.4, 0.5) is 24.5 Å². The summed E-state index contributed by atoms with van der Waals surface area (Å²) < 4.78 is 45.5. The summed E-state index contributed by atoms with van der Waals surface area (Å²) in [7, 11) is 1.63. The van der Waals surface area contributed by atoms with Crippen molar-refractivity contribution in [3.8, 4) is 11.5 Å². The molecule has 0 aliphatic carbocycles. The Kier molecular flexibility index (Phi) is 6.48. The lowest BCUT2D eigenvalue weighted by Crippen LogP contribution is -2.48. The third kappa shape index (κ3) is 6.28. The summed E-state index contributed by atoms with van der Waals surface area (Å²) in [5.41, 5.74) is 1.53. The molecule has 9 heteroatoms. The summed E-state index contributed by atoms with van der Waals surface area (Å²) in [6, 6.07) is 12.9. The molecule has 29 heavy (non-hydrogen) atoms. The molecule has 0 spiro atoms. The summed E-state index contributed by atoms with van der Waals surface area (Å²) in [5.74, 6) is 0.264. The largest absolute Gasteiger partial charge is 0.573 e. The van der Waals surface area contributed by atoms with Gasteiger partial charge in [0.1, 0.15) is 11.5 Å². The van der Waals surface area contributed by atoms with E-state index < -0.39 is 6.36 Å². The average molecular weight is 409 g/mol. The predicted molar refractivity (Wildman–Crippen MR) is 103 cm³/mol. The van der Waals surface area contributed by atoms with Crippen molar-refractivity contribution in [2.45, 2.75) is 6.36 Å². The van der Waals surface area contributed by atoms with Gasteiger partial charge in [-0.15, -0.1) is 13.2 Å². The molecule has 1 heterocycles. The monoisotopic (exact) mass is 409 g/mol. The van der Waals surface area contributed by atoms with Gasteiger partial charge in [0.2, 0.25) is 5.91 Å². The van der Waals surface area contributed by atoms with Crippen molar-refractivity contribution < 1.29 is 27.4 Å². The van der Waals surface area contributed by atoms with Crippen LogP contribution in [0.25, 0.3) is 0 Å². The average Bonchev–Trinajstić information content (AvgIpc) is 2.69. The maximum atomic E-state index is 12.2. The van der Waals surface area contributed by atoms with E-state index in [-0.39, 0.29) is 18.2 Å². The van der Waals surface area contributed by atoms with Gasteiger partial charge in [0, 0.05) is 37.6 Å². The lowest BCUT2D eigenvalue weighted by molar-refractivity contribution is -0.274. The van der Waals surface area contributed by atoms with Crippen molar-refractivity contribution in [2.24, 2.45) is 0 Å². The molecule has 1 aliphatic rings. The number of hydrogen-bond donors (Lipinski definition) is 1. The van der Waals surface area contributed by atoms with Gasteiger partial charge in [-0.1, -0.05) is 0 Å². The molecule has 0 aromatic heterocycles. The molecule has 1 amide bonds. The first-order valence-electron chi connectivity index (χ1n) is 9.09. The van der Waals surface area contributed by atoms with Crippen molar-refractivity contribution in [3.05, 3.63) is 48.5 Å². The van der Waals surface area contributed by atoms with Crippen LogP contribution in [0.1, 0.15) is 0 Å². The van der Waals surface area contributed by atoms with Crippen LogP contribution in [0.3, 0.4) is 0 Å². The predicted octanol–water partition coefficient (Wildman–Crippen LogP) is 3.35. The van der Waals surface area contributed by atoms with Crippen molar-refractivity contribution in [1.82, 2.24) is 4.90 Å². The van der Waals surface area contributed by atoms with E-state index in [1.54, 1.807) is 7.11 Å². The van der Waals surface area contributed by atoms with Gasteiger partial charge in [-0.25, -0.2) is 0 Å². The Labute approximate surface area is 166 Å². The molecule has 0 atom stereocenters. The molecule has 1 saturated heterocycles. The van der Waals surface area contributed by atoms with E-state index in [0.717, 1.165) is 49.7 Å². The third-order valence-electron chi connectivity index (χ3n) is 4.55. The quantitative estimate of drug-likeness (QED) is 0.793. The van der Waals surface area contributed by atoms with Crippen LogP contribution in [0.5, 0.6) is 11.5 Å². The zero-order chi connectivity index (χ0) is 20.9. The Morgan fingerprint density at radius 1 is 0.966 bits per heavy atom. The highest BCUT2D eigenvalue weighted by atomic mass is 19.4. The molecule has 2 aromatic carbocycles. The standard InChI is InChI=1S/C20H22F3N3O3/c1-28-17-8-4-16(5-9-17)26-12-10-25(11-13-26)14-19(27)24-15-2-6-18(7-3-15)29-20(21,22)23/h2-9H,10-14H2,1H3,(H,24,27). The Balaban J connectivity index is 1.44. The molecular weight excluding hydrogens is 387 g/mol. The second-order valence-electron chi connectivity index (χ2n) is 6.58. The number of carbonyl (C=O) groups is 1. The van der Waals surface area contributed by atoms with Gasteiger partial charge in [0.05, 0.1) is 13.7 Å². The van der Waals surface area contributed by atoms with E-state index in [9.17, 15) is 18.0 Å². The zero-order valence-electron chi connectivity index (χ0n) is 15.9. The first-order chi connectivity index (χ1) is 13.8. The topological polar surface area (TPSA) is 54.0 Å². The van der Waals surface area contributed by atoms with E-state index in [2.05, 4.69) is 15.0 Å². The third-order valence-corrected chi connectivity index (χ3v) is 4.55. The van der Waals surface area contributed by atoms with Gasteiger partial charge in [-0.3, -0.25) is 9.69 Å². The number of methoxy groups -OCH3 is 1. The Morgan fingerprint density at radius 2 is 1.55 bits per heavy atom. The molecule has 0 bridgehead atoms. The van der Waals surface area contributed by atoms with Gasteiger partial charge in [-0.2, -0.15) is 0 Å². The molecular formula is C20H22F3N3O3. The summed E-state index contributed by atoms with van der Waals surface area (Å²) in [5, 5.41) is 2.69. The molecule has 2 aromatic rings. The molecule has 1 fully saturated rings. The van der Waals surface area contributed by atoms with Crippen LogP contribution < -0.4 is 19.7 Å². The molecule has 0 radical (unpaired) electrons. The lowest BCUT2D eigenvalue weighted by Gasteiger charge is -2.35. The van der Waals surface area contributed by atoms with Crippen LogP contribution in [0, 0.1) is 0 Å². The number of piperazine rings is 1. The van der Waals surface area contributed by atoms with Crippen LogP contribution in [0.15, 0.2) is 48.5 Å². The van der Waals surface area contributed by atoms with Crippen molar-refractivity contribution in [1.29, 1.82) is 0 Å². The first kappa shape index (κ1) is 20.8. The number of rotatable bonds is 6. The fourth-order valence-electron chi connectivity index (χ4n) is 3.10. The van der Waals surface area contributed by atoms with Gasteiger partial charge >= 0.3 is 6.36 Å². The smallest absolute Gasteiger partial charge is 0.497 e. The van der Waals surface area contributed by atoms with Crippen molar-refractivity contribution >= 4 is 17.3 Å². The zero-order valence-corrected chi connectivity index (χ0v) is 15.9. The fraction of sp³-hybridized carbons (Fsp3) is 0.350. The van der Waals surface area contributed by atoms with E-state index in [0.29, 0.717) is 5.69 Å². The SMILES string of the molecule is COc1ccc(N2CCN(CC(=O)Nc3ccc(OC(F)(F)F)cc3)CC2)cc1. The van der Waals surface area contributed by atoms with Gasteiger partial charge in [0.25, 0.3) is 0 Å². The van der Waals surface area contributed by atoms with Crippen LogP contribution >= 0.6 is 0 Å². The molecule has 3 rings (SSSR count).